The number of ether oxygens (including phenoxy) is 4. The van der Waals surface area contributed by atoms with Crippen LogP contribution in [0, 0.1) is 17.2 Å². The molecule has 2 fully saturated rings. The molecule has 1 aromatic heterocycles. The van der Waals surface area contributed by atoms with E-state index in [1.54, 1.807) is 13.8 Å². The summed E-state index contributed by atoms with van der Waals surface area (Å²) in [6.45, 7) is 7.35. The predicted molar refractivity (Wildman–Crippen MR) is 107 cm³/mol. The van der Waals surface area contributed by atoms with Crippen LogP contribution in [0.2, 0.25) is 0 Å². The molecule has 2 saturated heterocycles. The van der Waals surface area contributed by atoms with Crippen molar-refractivity contribution in [3.63, 3.8) is 0 Å². The van der Waals surface area contributed by atoms with Crippen LogP contribution < -0.4 is 16.6 Å². The van der Waals surface area contributed by atoms with Crippen molar-refractivity contribution in [3.8, 4) is 6.07 Å². The minimum Gasteiger partial charge on any atom is -0.468 e. The second-order valence-corrected chi connectivity index (χ2v) is 8.55. The van der Waals surface area contributed by atoms with Gasteiger partial charge in [0, 0.05) is 12.3 Å². The molecule has 170 valence electrons. The first-order chi connectivity index (χ1) is 14.6. The van der Waals surface area contributed by atoms with Crippen LogP contribution in [-0.2, 0) is 23.7 Å². The van der Waals surface area contributed by atoms with Crippen LogP contribution in [0.1, 0.15) is 40.3 Å². The lowest BCUT2D eigenvalue weighted by molar-refractivity contribution is -0.199. The molecule has 31 heavy (non-hydrogen) atoms. The van der Waals surface area contributed by atoms with Gasteiger partial charge in [-0.1, -0.05) is 13.8 Å². The van der Waals surface area contributed by atoms with E-state index in [9.17, 15) is 19.6 Å². The van der Waals surface area contributed by atoms with Gasteiger partial charge >= 0.3 is 11.7 Å². The van der Waals surface area contributed by atoms with Gasteiger partial charge in [0.25, 0.3) is 5.56 Å². The van der Waals surface area contributed by atoms with Gasteiger partial charge in [-0.15, -0.1) is 0 Å². The highest BCUT2D eigenvalue weighted by molar-refractivity contribution is 5.75. The van der Waals surface area contributed by atoms with E-state index in [0.717, 1.165) is 0 Å². The minimum atomic E-state index is -0.971. The van der Waals surface area contributed by atoms with Gasteiger partial charge in [0.05, 0.1) is 13.2 Å². The summed E-state index contributed by atoms with van der Waals surface area (Å²) in [4.78, 5) is 38.2. The number of hydrogen-bond acceptors (Lipinski definition) is 9. The van der Waals surface area contributed by atoms with Crippen LogP contribution in [0.25, 0.3) is 0 Å². The molecule has 11 heteroatoms. The second-order valence-electron chi connectivity index (χ2n) is 8.55. The smallest absolute Gasteiger partial charge is 0.330 e. The third-order valence-electron chi connectivity index (χ3n) is 5.23. The molecule has 0 bridgehead atoms. The van der Waals surface area contributed by atoms with Crippen molar-refractivity contribution in [1.29, 1.82) is 5.26 Å². The molecule has 0 unspecified atom stereocenters. The third-order valence-corrected chi connectivity index (χ3v) is 5.23. The molecule has 0 radical (unpaired) electrons. The summed E-state index contributed by atoms with van der Waals surface area (Å²) in [5.74, 6) is -1.28. The molecule has 0 aliphatic carbocycles. The molecule has 2 aliphatic heterocycles. The van der Waals surface area contributed by atoms with E-state index in [-0.39, 0.29) is 5.92 Å². The van der Waals surface area contributed by atoms with Crippen LogP contribution >= 0.6 is 0 Å². The number of fused-ring (bicyclic) bond motifs is 1. The third kappa shape index (κ3) is 4.88. The number of nitriles is 1. The first kappa shape index (κ1) is 23.1. The van der Waals surface area contributed by atoms with Crippen LogP contribution in [0.5, 0.6) is 0 Å². The van der Waals surface area contributed by atoms with Crippen molar-refractivity contribution in [2.24, 2.45) is 5.92 Å². The van der Waals surface area contributed by atoms with E-state index in [1.165, 1.54) is 23.9 Å². The molecule has 0 saturated carbocycles. The zero-order valence-corrected chi connectivity index (χ0v) is 18.2. The summed E-state index contributed by atoms with van der Waals surface area (Å²) in [7, 11) is 1.29. The number of rotatable bonds is 7. The van der Waals surface area contributed by atoms with E-state index in [4.69, 9.17) is 18.9 Å². The molecule has 2 N–H and O–H groups in total. The number of carbonyl (C=O) groups excluding carboxylic acids is 1. The number of nitrogens with zero attached hydrogens (tertiary/aromatic N) is 2. The zero-order valence-electron chi connectivity index (χ0n) is 18.2. The highest BCUT2D eigenvalue weighted by Gasteiger charge is 2.58. The van der Waals surface area contributed by atoms with Crippen molar-refractivity contribution in [2.75, 3.05) is 7.11 Å². The van der Waals surface area contributed by atoms with E-state index in [2.05, 4.69) is 16.4 Å². The van der Waals surface area contributed by atoms with E-state index in [1.807, 2.05) is 13.8 Å². The fourth-order valence-corrected chi connectivity index (χ4v) is 4.00. The van der Waals surface area contributed by atoms with Gasteiger partial charge in [-0.25, -0.2) is 4.79 Å². The Hall–Kier alpha value is -2.52. The number of methoxy groups -OCH3 is 1. The Bertz CT molecular complexity index is 963. The van der Waals surface area contributed by atoms with Gasteiger partial charge in [-0.2, -0.15) is 5.26 Å². The highest BCUT2D eigenvalue weighted by Crippen LogP contribution is 2.43. The van der Waals surface area contributed by atoms with Crippen LogP contribution in [-0.4, -0.2) is 58.8 Å². The maximum Gasteiger partial charge on any atom is 0.330 e. The Labute approximate surface area is 179 Å². The number of esters is 1. The zero-order chi connectivity index (χ0) is 22.9. The van der Waals surface area contributed by atoms with Crippen LogP contribution in [0.3, 0.4) is 0 Å². The fourth-order valence-electron chi connectivity index (χ4n) is 4.00. The normalized spacial score (nSPS) is 28.7. The molecule has 11 nitrogen and oxygen atoms in total. The summed E-state index contributed by atoms with van der Waals surface area (Å²) >= 11 is 0. The Morgan fingerprint density at radius 3 is 2.61 bits per heavy atom. The largest absolute Gasteiger partial charge is 0.468 e. The van der Waals surface area contributed by atoms with Crippen molar-refractivity contribution < 1.29 is 23.7 Å². The van der Waals surface area contributed by atoms with Crippen molar-refractivity contribution in [1.82, 2.24) is 14.9 Å². The van der Waals surface area contributed by atoms with Gasteiger partial charge in [0.15, 0.2) is 12.0 Å². The first-order valence-corrected chi connectivity index (χ1v) is 10.1. The minimum absolute atomic E-state index is 0.172. The lowest BCUT2D eigenvalue weighted by atomic mass is 9.99. The summed E-state index contributed by atoms with van der Waals surface area (Å²) in [6, 6.07) is 1.67. The van der Waals surface area contributed by atoms with Crippen molar-refractivity contribution >= 4 is 5.97 Å². The molecule has 0 spiro atoms. The van der Waals surface area contributed by atoms with Gasteiger partial charge in [-0.3, -0.25) is 24.5 Å². The topological polar surface area (TPSA) is 145 Å². The summed E-state index contributed by atoms with van der Waals surface area (Å²) in [5.41, 5.74) is -1.21. The van der Waals surface area contributed by atoms with E-state index >= 15 is 0 Å². The fraction of sp³-hybridized carbons (Fsp3) is 0.700. The monoisotopic (exact) mass is 436 g/mol. The molecule has 0 aromatic carbocycles. The number of hydrogen-bond donors (Lipinski definition) is 2. The lowest BCUT2D eigenvalue weighted by Gasteiger charge is -2.29. The summed E-state index contributed by atoms with van der Waals surface area (Å²) in [6.07, 6.45) is -1.40. The SMILES string of the molecule is COC(=O)[C@H](CC(C)C)N[C@@H](C#N)[C@H]1O[C@@H](n2ccc(=O)[nH]c2=O)[C@@H]2OC(C)(C)O[C@@H]21. The quantitative estimate of drug-likeness (QED) is 0.565. The molecular formula is C20H28N4O7. The second kappa shape index (κ2) is 8.92. The van der Waals surface area contributed by atoms with Gasteiger partial charge in [0.2, 0.25) is 0 Å². The van der Waals surface area contributed by atoms with Gasteiger partial charge in [0.1, 0.15) is 30.4 Å². The molecule has 0 amide bonds. The number of aromatic amines is 1. The van der Waals surface area contributed by atoms with Crippen molar-refractivity contribution in [2.45, 2.75) is 76.5 Å². The lowest BCUT2D eigenvalue weighted by Crippen LogP contribution is -2.52. The number of aromatic nitrogens is 2. The predicted octanol–water partition coefficient (Wildman–Crippen LogP) is 0.0236. The molecule has 3 heterocycles. The maximum absolute atomic E-state index is 12.3. The Kier molecular flexibility index (Phi) is 6.66. The Morgan fingerprint density at radius 2 is 2.03 bits per heavy atom. The van der Waals surface area contributed by atoms with Crippen LogP contribution in [0.4, 0.5) is 0 Å². The summed E-state index contributed by atoms with van der Waals surface area (Å²) in [5, 5.41) is 12.9. The first-order valence-electron chi connectivity index (χ1n) is 10.1. The van der Waals surface area contributed by atoms with Crippen LogP contribution in [0.15, 0.2) is 21.9 Å². The summed E-state index contributed by atoms with van der Waals surface area (Å²) < 4.78 is 24.1. The molecular weight excluding hydrogens is 408 g/mol. The van der Waals surface area contributed by atoms with Crippen molar-refractivity contribution in [3.05, 3.63) is 33.1 Å². The number of H-pyrrole nitrogens is 1. The molecule has 1 aromatic rings. The average molecular weight is 436 g/mol. The number of carbonyl (C=O) groups is 1. The Morgan fingerprint density at radius 1 is 1.35 bits per heavy atom. The molecule has 2 aliphatic rings. The standard InChI is InChI=1S/C20H28N4O7/c1-10(2)8-11(18(26)28-5)22-12(9-21)14-15-16(31-20(3,4)30-15)17(29-14)24-7-6-13(25)23-19(24)27/h6-7,10-12,14-17,22H,8H2,1-5H3,(H,23,25,27)/t11-,12-,14+,15+,16+,17+/m0/s1. The molecule has 3 rings (SSSR count). The number of nitrogens with one attached hydrogen (secondary N) is 2. The van der Waals surface area contributed by atoms with Gasteiger partial charge < -0.3 is 18.9 Å². The average Bonchev–Trinajstić information content (AvgIpc) is 3.17. The highest BCUT2D eigenvalue weighted by atomic mass is 16.8. The molecule has 6 atom stereocenters. The van der Waals surface area contributed by atoms with E-state index < -0.39 is 59.6 Å². The maximum atomic E-state index is 12.3. The van der Waals surface area contributed by atoms with Gasteiger partial charge in [-0.05, 0) is 26.2 Å². The van der Waals surface area contributed by atoms with E-state index in [0.29, 0.717) is 6.42 Å². The Balaban J connectivity index is 1.91.